The number of carbonyl (C=O) groups excluding carboxylic acids is 3. The SMILES string of the molecule is COCCN1C(=O)[C@@H]2[C@H](CCSC)N[C@]3(C(=O)Nc4c3ccc(C)c4C)[C@@H]2C1=O. The highest BCUT2D eigenvalue weighted by Crippen LogP contribution is 2.54. The Kier molecular flexibility index (Phi) is 5.21. The molecule has 156 valence electrons. The molecule has 29 heavy (non-hydrogen) atoms. The van der Waals surface area contributed by atoms with E-state index in [1.54, 1.807) is 18.9 Å². The van der Waals surface area contributed by atoms with Crippen molar-refractivity contribution < 1.29 is 19.1 Å². The fraction of sp³-hybridized carbons (Fsp3) is 0.571. The fourth-order valence-corrected chi connectivity index (χ4v) is 5.56. The first-order valence-corrected chi connectivity index (χ1v) is 11.3. The lowest BCUT2D eigenvalue weighted by atomic mass is 9.76. The monoisotopic (exact) mass is 417 g/mol. The lowest BCUT2D eigenvalue weighted by Crippen LogP contribution is -2.53. The molecule has 0 saturated carbocycles. The second-order valence-electron chi connectivity index (χ2n) is 8.05. The summed E-state index contributed by atoms with van der Waals surface area (Å²) in [6, 6.07) is 3.67. The number of benzene rings is 1. The molecular weight excluding hydrogens is 390 g/mol. The largest absolute Gasteiger partial charge is 0.383 e. The molecule has 1 aromatic carbocycles. The zero-order chi connectivity index (χ0) is 20.9. The molecule has 4 rings (SSSR count). The second kappa shape index (κ2) is 7.41. The summed E-state index contributed by atoms with van der Waals surface area (Å²) in [5.74, 6) is -1.14. The first kappa shape index (κ1) is 20.4. The van der Waals surface area contributed by atoms with Gasteiger partial charge in [-0.1, -0.05) is 12.1 Å². The second-order valence-corrected chi connectivity index (χ2v) is 9.03. The highest BCUT2D eigenvalue weighted by atomic mass is 32.2. The fourth-order valence-electron chi connectivity index (χ4n) is 5.08. The smallest absolute Gasteiger partial charge is 0.250 e. The summed E-state index contributed by atoms with van der Waals surface area (Å²) in [6.45, 7) is 4.47. The summed E-state index contributed by atoms with van der Waals surface area (Å²) >= 11 is 1.69. The number of nitrogens with one attached hydrogen (secondary N) is 2. The van der Waals surface area contributed by atoms with Gasteiger partial charge in [-0.25, -0.2) is 0 Å². The van der Waals surface area contributed by atoms with Crippen LogP contribution in [0, 0.1) is 25.7 Å². The van der Waals surface area contributed by atoms with E-state index in [1.807, 2.05) is 32.2 Å². The number of amides is 3. The number of thioether (sulfide) groups is 1. The molecule has 3 heterocycles. The van der Waals surface area contributed by atoms with Gasteiger partial charge in [0.15, 0.2) is 0 Å². The van der Waals surface area contributed by atoms with Gasteiger partial charge in [-0.2, -0.15) is 11.8 Å². The molecule has 3 aliphatic rings. The Balaban J connectivity index is 1.83. The zero-order valence-electron chi connectivity index (χ0n) is 17.2. The van der Waals surface area contributed by atoms with Crippen molar-refractivity contribution in [2.45, 2.75) is 31.8 Å². The van der Waals surface area contributed by atoms with Gasteiger partial charge in [0.2, 0.25) is 17.7 Å². The number of aryl methyl sites for hydroxylation is 1. The molecule has 7 nitrogen and oxygen atoms in total. The number of hydrogen-bond acceptors (Lipinski definition) is 6. The summed E-state index contributed by atoms with van der Waals surface area (Å²) in [5.41, 5.74) is 2.41. The number of ether oxygens (including phenoxy) is 1. The molecular formula is C21H27N3O4S. The zero-order valence-corrected chi connectivity index (χ0v) is 18.0. The molecule has 2 fully saturated rings. The standard InChI is InChI=1S/C21H27N3O4S/c1-11-5-6-13-17(12(11)2)22-20(27)21(13)16-15(14(23-21)7-10-29-4)18(25)24(19(16)26)8-9-28-3/h5-6,14-16,23H,7-10H2,1-4H3,(H,22,27)/t14-,15+,16-,21-/m0/s1. The first-order chi connectivity index (χ1) is 13.9. The number of nitrogens with zero attached hydrogens (tertiary/aromatic N) is 1. The van der Waals surface area contributed by atoms with Gasteiger partial charge in [-0.3, -0.25) is 24.6 Å². The number of rotatable bonds is 6. The van der Waals surface area contributed by atoms with Crippen LogP contribution in [-0.4, -0.2) is 60.9 Å². The molecule has 0 unspecified atom stereocenters. The Morgan fingerprint density at radius 1 is 1.21 bits per heavy atom. The van der Waals surface area contributed by atoms with Crippen molar-refractivity contribution in [3.8, 4) is 0 Å². The molecule has 2 N–H and O–H groups in total. The molecule has 0 bridgehead atoms. The van der Waals surface area contributed by atoms with Crippen molar-refractivity contribution in [1.82, 2.24) is 10.2 Å². The van der Waals surface area contributed by atoms with Crippen molar-refractivity contribution in [3.05, 3.63) is 28.8 Å². The maximum absolute atomic E-state index is 13.4. The number of anilines is 1. The van der Waals surface area contributed by atoms with E-state index in [0.29, 0.717) is 6.42 Å². The maximum Gasteiger partial charge on any atom is 0.250 e. The normalized spacial score (nSPS) is 30.3. The van der Waals surface area contributed by atoms with Crippen LogP contribution in [0.3, 0.4) is 0 Å². The van der Waals surface area contributed by atoms with E-state index in [1.165, 1.54) is 4.90 Å². The summed E-state index contributed by atoms with van der Waals surface area (Å²) in [4.78, 5) is 41.3. The van der Waals surface area contributed by atoms with Crippen molar-refractivity contribution in [2.24, 2.45) is 11.8 Å². The van der Waals surface area contributed by atoms with Crippen molar-refractivity contribution >= 4 is 35.2 Å². The Labute approximate surface area is 174 Å². The Bertz CT molecular complexity index is 889. The molecule has 0 aliphatic carbocycles. The summed E-state index contributed by atoms with van der Waals surface area (Å²) in [5, 5.41) is 6.48. The van der Waals surface area contributed by atoms with Crippen LogP contribution in [0.4, 0.5) is 5.69 Å². The van der Waals surface area contributed by atoms with Crippen LogP contribution in [0.25, 0.3) is 0 Å². The highest BCUT2D eigenvalue weighted by molar-refractivity contribution is 7.98. The molecule has 0 aromatic heterocycles. The molecule has 3 aliphatic heterocycles. The van der Waals surface area contributed by atoms with Gasteiger partial charge >= 0.3 is 0 Å². The molecule has 4 atom stereocenters. The van der Waals surface area contributed by atoms with E-state index in [9.17, 15) is 14.4 Å². The van der Waals surface area contributed by atoms with Crippen LogP contribution in [0.2, 0.25) is 0 Å². The van der Waals surface area contributed by atoms with Crippen LogP contribution in [0.15, 0.2) is 12.1 Å². The van der Waals surface area contributed by atoms with Crippen molar-refractivity contribution in [2.75, 3.05) is 37.6 Å². The van der Waals surface area contributed by atoms with Crippen LogP contribution in [0.1, 0.15) is 23.1 Å². The predicted molar refractivity (Wildman–Crippen MR) is 112 cm³/mol. The molecule has 1 aromatic rings. The molecule has 8 heteroatoms. The third-order valence-corrected chi connectivity index (χ3v) is 7.31. The number of carbonyl (C=O) groups is 3. The Morgan fingerprint density at radius 3 is 2.66 bits per heavy atom. The minimum atomic E-state index is -1.20. The quantitative estimate of drug-likeness (QED) is 0.681. The highest BCUT2D eigenvalue weighted by Gasteiger charge is 2.70. The summed E-state index contributed by atoms with van der Waals surface area (Å²) in [6.07, 6.45) is 2.73. The van der Waals surface area contributed by atoms with Gasteiger partial charge in [-0.15, -0.1) is 0 Å². The number of imide groups is 1. The average Bonchev–Trinajstić information content (AvgIpc) is 3.27. The number of hydrogen-bond donors (Lipinski definition) is 2. The first-order valence-electron chi connectivity index (χ1n) is 9.91. The lowest BCUT2D eigenvalue weighted by molar-refractivity contribution is -0.143. The Hall–Kier alpha value is -1.90. The molecule has 3 amide bonds. The average molecular weight is 418 g/mol. The number of likely N-dealkylation sites (tertiary alicyclic amines) is 1. The molecule has 0 radical (unpaired) electrons. The predicted octanol–water partition coefficient (Wildman–Crippen LogP) is 1.42. The summed E-state index contributed by atoms with van der Waals surface area (Å²) in [7, 11) is 1.54. The topological polar surface area (TPSA) is 87.7 Å². The van der Waals surface area contributed by atoms with E-state index in [4.69, 9.17) is 4.74 Å². The van der Waals surface area contributed by atoms with E-state index >= 15 is 0 Å². The minimum absolute atomic E-state index is 0.197. The molecule has 1 spiro atoms. The van der Waals surface area contributed by atoms with Crippen LogP contribution < -0.4 is 10.6 Å². The van der Waals surface area contributed by atoms with Crippen LogP contribution >= 0.6 is 11.8 Å². The van der Waals surface area contributed by atoms with Gasteiger partial charge in [0, 0.05) is 24.4 Å². The van der Waals surface area contributed by atoms with Gasteiger partial charge in [-0.05, 0) is 43.4 Å². The van der Waals surface area contributed by atoms with Gasteiger partial charge in [0.05, 0.1) is 25.0 Å². The van der Waals surface area contributed by atoms with Gasteiger partial charge in [0.1, 0.15) is 5.54 Å². The van der Waals surface area contributed by atoms with Gasteiger partial charge < -0.3 is 10.1 Å². The third-order valence-electron chi connectivity index (χ3n) is 6.66. The van der Waals surface area contributed by atoms with Crippen molar-refractivity contribution in [3.63, 3.8) is 0 Å². The minimum Gasteiger partial charge on any atom is -0.383 e. The number of fused-ring (bicyclic) bond motifs is 4. The summed E-state index contributed by atoms with van der Waals surface area (Å²) < 4.78 is 5.09. The van der Waals surface area contributed by atoms with Crippen LogP contribution in [0.5, 0.6) is 0 Å². The van der Waals surface area contributed by atoms with E-state index in [-0.39, 0.29) is 36.9 Å². The van der Waals surface area contributed by atoms with Crippen molar-refractivity contribution in [1.29, 1.82) is 0 Å². The van der Waals surface area contributed by atoms with Crippen LogP contribution in [-0.2, 0) is 24.7 Å². The van der Waals surface area contributed by atoms with E-state index < -0.39 is 17.4 Å². The third kappa shape index (κ3) is 2.76. The lowest BCUT2D eigenvalue weighted by Gasteiger charge is -2.29. The Morgan fingerprint density at radius 2 is 1.97 bits per heavy atom. The van der Waals surface area contributed by atoms with E-state index in [2.05, 4.69) is 10.6 Å². The number of methoxy groups -OCH3 is 1. The van der Waals surface area contributed by atoms with Gasteiger partial charge in [0.25, 0.3) is 0 Å². The maximum atomic E-state index is 13.4. The molecule has 2 saturated heterocycles. The van der Waals surface area contributed by atoms with E-state index in [0.717, 1.165) is 28.1 Å².